The molecule has 0 unspecified atom stereocenters. The molecule has 2 aromatic rings. The number of rotatable bonds is 3. The van der Waals surface area contributed by atoms with Crippen molar-refractivity contribution in [3.8, 4) is 0 Å². The predicted octanol–water partition coefficient (Wildman–Crippen LogP) is 6.28. The number of pyridine rings is 1. The molecule has 21 heavy (non-hydrogen) atoms. The number of nitrogens with one attached hydrogen (secondary N) is 1. The Morgan fingerprint density at radius 2 is 1.86 bits per heavy atom. The first-order valence-electron chi connectivity index (χ1n) is 7.33. The highest BCUT2D eigenvalue weighted by atomic mass is 35.5. The Balaban J connectivity index is 2.25. The lowest BCUT2D eigenvalue weighted by atomic mass is 10.0. The molecule has 1 aromatic carbocycles. The Kier molecular flexibility index (Phi) is 4.49. The van der Waals surface area contributed by atoms with E-state index < -0.39 is 0 Å². The summed E-state index contributed by atoms with van der Waals surface area (Å²) in [6, 6.07) is 3.79. The standard InChI is InChI=1S/C16H17Cl3N2/c1-2-20-13-8-12(9-5-3-4-6-9)21-16-11(18)7-10(17)15(19)14(13)16/h7-9H,2-6H2,1H3,(H,20,21). The monoisotopic (exact) mass is 342 g/mol. The van der Waals surface area contributed by atoms with Gasteiger partial charge in [0.1, 0.15) is 0 Å². The van der Waals surface area contributed by atoms with Crippen molar-refractivity contribution in [3.05, 3.63) is 32.9 Å². The summed E-state index contributed by atoms with van der Waals surface area (Å²) in [5.74, 6) is 0.525. The fourth-order valence-corrected chi connectivity index (χ4v) is 3.83. The number of aromatic nitrogens is 1. The summed E-state index contributed by atoms with van der Waals surface area (Å²) >= 11 is 18.9. The largest absolute Gasteiger partial charge is 0.385 e. The lowest BCUT2D eigenvalue weighted by molar-refractivity contribution is 0.701. The normalized spacial score (nSPS) is 15.8. The zero-order valence-electron chi connectivity index (χ0n) is 11.8. The van der Waals surface area contributed by atoms with E-state index in [1.165, 1.54) is 25.7 Å². The first kappa shape index (κ1) is 15.2. The first-order valence-corrected chi connectivity index (χ1v) is 8.47. The number of nitrogens with zero attached hydrogens (tertiary/aromatic N) is 1. The van der Waals surface area contributed by atoms with Crippen molar-refractivity contribution < 1.29 is 0 Å². The quantitative estimate of drug-likeness (QED) is 0.663. The summed E-state index contributed by atoms with van der Waals surface area (Å²) < 4.78 is 0. The minimum Gasteiger partial charge on any atom is -0.385 e. The van der Waals surface area contributed by atoms with Gasteiger partial charge in [0, 0.05) is 29.2 Å². The minimum atomic E-state index is 0.462. The Hall–Kier alpha value is -0.700. The van der Waals surface area contributed by atoms with Gasteiger partial charge in [-0.05, 0) is 31.9 Å². The van der Waals surface area contributed by atoms with Crippen LogP contribution in [0, 0.1) is 0 Å². The van der Waals surface area contributed by atoms with Crippen LogP contribution in [0.3, 0.4) is 0 Å². The molecule has 2 nitrogen and oxygen atoms in total. The van der Waals surface area contributed by atoms with E-state index in [-0.39, 0.29) is 0 Å². The molecular formula is C16H17Cl3N2. The second-order valence-corrected chi connectivity index (χ2v) is 6.68. The number of fused-ring (bicyclic) bond motifs is 1. The van der Waals surface area contributed by atoms with Crippen LogP contribution in [-0.4, -0.2) is 11.5 Å². The smallest absolute Gasteiger partial charge is 0.0928 e. The van der Waals surface area contributed by atoms with Crippen molar-refractivity contribution in [2.24, 2.45) is 0 Å². The zero-order valence-corrected chi connectivity index (χ0v) is 14.1. The number of hydrogen-bond donors (Lipinski definition) is 1. The first-order chi connectivity index (χ1) is 10.1. The fourth-order valence-electron chi connectivity index (χ4n) is 3.08. The molecule has 1 aliphatic carbocycles. The molecule has 0 atom stereocenters. The van der Waals surface area contributed by atoms with Crippen molar-refractivity contribution in [2.45, 2.75) is 38.5 Å². The molecule has 1 heterocycles. The average molecular weight is 344 g/mol. The molecule has 0 bridgehead atoms. The van der Waals surface area contributed by atoms with Crippen molar-refractivity contribution in [2.75, 3.05) is 11.9 Å². The van der Waals surface area contributed by atoms with Gasteiger partial charge in [-0.15, -0.1) is 0 Å². The van der Waals surface area contributed by atoms with Crippen LogP contribution in [0.5, 0.6) is 0 Å². The van der Waals surface area contributed by atoms with E-state index in [2.05, 4.69) is 18.3 Å². The maximum atomic E-state index is 6.38. The Morgan fingerprint density at radius 1 is 1.14 bits per heavy atom. The van der Waals surface area contributed by atoms with E-state index in [4.69, 9.17) is 39.8 Å². The molecule has 1 saturated carbocycles. The molecule has 1 aromatic heterocycles. The molecule has 3 rings (SSSR count). The van der Waals surface area contributed by atoms with Gasteiger partial charge in [-0.2, -0.15) is 0 Å². The number of benzene rings is 1. The van der Waals surface area contributed by atoms with Gasteiger partial charge in [0.05, 0.1) is 20.6 Å². The van der Waals surface area contributed by atoms with Crippen molar-refractivity contribution in [1.29, 1.82) is 0 Å². The van der Waals surface area contributed by atoms with E-state index in [1.807, 2.05) is 0 Å². The van der Waals surface area contributed by atoms with Crippen molar-refractivity contribution in [3.63, 3.8) is 0 Å². The van der Waals surface area contributed by atoms with Crippen LogP contribution in [0.15, 0.2) is 12.1 Å². The average Bonchev–Trinajstić information content (AvgIpc) is 2.99. The van der Waals surface area contributed by atoms with Gasteiger partial charge in [-0.3, -0.25) is 4.98 Å². The molecule has 0 spiro atoms. The summed E-state index contributed by atoms with van der Waals surface area (Å²) in [4.78, 5) is 4.79. The van der Waals surface area contributed by atoms with E-state index >= 15 is 0 Å². The van der Waals surface area contributed by atoms with E-state index in [9.17, 15) is 0 Å². The highest BCUT2D eigenvalue weighted by molar-refractivity contribution is 6.48. The molecule has 5 heteroatoms. The number of anilines is 1. The lowest BCUT2D eigenvalue weighted by Crippen LogP contribution is -2.03. The van der Waals surface area contributed by atoms with Gasteiger partial charge in [0.25, 0.3) is 0 Å². The lowest BCUT2D eigenvalue weighted by Gasteiger charge is -2.16. The third-order valence-electron chi connectivity index (χ3n) is 4.09. The fraction of sp³-hybridized carbons (Fsp3) is 0.438. The molecular weight excluding hydrogens is 327 g/mol. The van der Waals surface area contributed by atoms with Crippen LogP contribution in [0.2, 0.25) is 15.1 Å². The molecule has 0 radical (unpaired) electrons. The van der Waals surface area contributed by atoms with Crippen molar-refractivity contribution >= 4 is 51.4 Å². The summed E-state index contributed by atoms with van der Waals surface area (Å²) in [6.45, 7) is 2.87. The topological polar surface area (TPSA) is 24.9 Å². The van der Waals surface area contributed by atoms with Crippen LogP contribution in [0.4, 0.5) is 5.69 Å². The van der Waals surface area contributed by atoms with Gasteiger partial charge in [-0.25, -0.2) is 0 Å². The third kappa shape index (κ3) is 2.81. The molecule has 1 fully saturated rings. The van der Waals surface area contributed by atoms with E-state index in [0.29, 0.717) is 21.0 Å². The molecule has 112 valence electrons. The number of halogens is 3. The zero-order chi connectivity index (χ0) is 15.0. The summed E-state index contributed by atoms with van der Waals surface area (Å²) in [5.41, 5.74) is 2.82. The number of hydrogen-bond acceptors (Lipinski definition) is 2. The summed E-state index contributed by atoms with van der Waals surface area (Å²) in [6.07, 6.45) is 4.94. The van der Waals surface area contributed by atoms with E-state index in [1.54, 1.807) is 6.07 Å². The second kappa shape index (κ2) is 6.20. The van der Waals surface area contributed by atoms with Crippen LogP contribution in [-0.2, 0) is 0 Å². The van der Waals surface area contributed by atoms with Gasteiger partial charge in [0.15, 0.2) is 0 Å². The Bertz CT molecular complexity index is 679. The highest BCUT2D eigenvalue weighted by Gasteiger charge is 2.22. The predicted molar refractivity (Wildman–Crippen MR) is 92.1 cm³/mol. The molecule has 1 aliphatic rings. The van der Waals surface area contributed by atoms with Crippen LogP contribution >= 0.6 is 34.8 Å². The summed E-state index contributed by atoms with van der Waals surface area (Å²) in [7, 11) is 0. The van der Waals surface area contributed by atoms with E-state index in [0.717, 1.165) is 28.8 Å². The van der Waals surface area contributed by atoms with Gasteiger partial charge in [-0.1, -0.05) is 47.6 Å². The molecule has 1 N–H and O–H groups in total. The van der Waals surface area contributed by atoms with Gasteiger partial charge in [0.2, 0.25) is 0 Å². The van der Waals surface area contributed by atoms with Crippen LogP contribution < -0.4 is 5.32 Å². The highest BCUT2D eigenvalue weighted by Crippen LogP contribution is 2.42. The van der Waals surface area contributed by atoms with Gasteiger partial charge < -0.3 is 5.32 Å². The Morgan fingerprint density at radius 3 is 2.52 bits per heavy atom. The van der Waals surface area contributed by atoms with Crippen LogP contribution in [0.25, 0.3) is 10.9 Å². The van der Waals surface area contributed by atoms with Crippen LogP contribution in [0.1, 0.15) is 44.2 Å². The van der Waals surface area contributed by atoms with Crippen molar-refractivity contribution in [1.82, 2.24) is 4.98 Å². The molecule has 0 aliphatic heterocycles. The third-order valence-corrected chi connectivity index (χ3v) is 5.16. The maximum absolute atomic E-state index is 6.38. The molecule has 0 amide bonds. The van der Waals surface area contributed by atoms with Gasteiger partial charge >= 0.3 is 0 Å². The second-order valence-electron chi connectivity index (χ2n) is 5.48. The molecule has 0 saturated heterocycles. The Labute approximate surface area is 139 Å². The summed E-state index contributed by atoms with van der Waals surface area (Å²) in [5, 5.41) is 5.71. The minimum absolute atomic E-state index is 0.462. The SMILES string of the molecule is CCNc1cc(C2CCCC2)nc2c(Cl)cc(Cl)c(Cl)c12. The maximum Gasteiger partial charge on any atom is 0.0928 e.